The van der Waals surface area contributed by atoms with Gasteiger partial charge in [0.15, 0.2) is 15.7 Å². The van der Waals surface area contributed by atoms with E-state index in [1.165, 1.54) is 31.2 Å². The number of anilines is 1. The van der Waals surface area contributed by atoms with Gasteiger partial charge in [0.2, 0.25) is 15.9 Å². The number of carbonyl (C=O) groups excluding carboxylic acids is 1. The fourth-order valence-corrected chi connectivity index (χ4v) is 11.3. The molecule has 3 aliphatic rings. The zero-order chi connectivity index (χ0) is 46.3. The van der Waals surface area contributed by atoms with Crippen LogP contribution in [0.2, 0.25) is 0 Å². The number of amides is 1. The Labute approximate surface area is 362 Å². The van der Waals surface area contributed by atoms with Gasteiger partial charge in [-0.1, -0.05) is 18.2 Å². The molecule has 3 aliphatic carbocycles. The summed E-state index contributed by atoms with van der Waals surface area (Å²) in [6.07, 6.45) is -5.47. The predicted molar refractivity (Wildman–Crippen MR) is 219 cm³/mol. The Bertz CT molecular complexity index is 2860. The summed E-state index contributed by atoms with van der Waals surface area (Å²) in [6.45, 7) is 2.55. The summed E-state index contributed by atoms with van der Waals surface area (Å²) < 4.78 is 172. The van der Waals surface area contributed by atoms with Gasteiger partial charge in [0.1, 0.15) is 36.1 Å². The van der Waals surface area contributed by atoms with E-state index in [4.69, 9.17) is 4.98 Å². The third kappa shape index (κ3) is 8.58. The van der Waals surface area contributed by atoms with Crippen molar-refractivity contribution in [2.75, 3.05) is 10.5 Å². The van der Waals surface area contributed by atoms with Crippen molar-refractivity contribution in [1.82, 2.24) is 29.9 Å². The number of para-hydroxylation sites is 1. The third-order valence-corrected chi connectivity index (χ3v) is 16.5. The number of alkyl halides is 6. The van der Waals surface area contributed by atoms with Crippen LogP contribution in [0.5, 0.6) is 0 Å². The number of sulfone groups is 1. The maximum absolute atomic E-state index is 15.5. The van der Waals surface area contributed by atoms with Crippen LogP contribution in [0.15, 0.2) is 48.5 Å². The lowest BCUT2D eigenvalue weighted by Crippen LogP contribution is -2.36. The second kappa shape index (κ2) is 16.4. The monoisotopic (exact) mass is 941 g/mol. The lowest BCUT2D eigenvalue weighted by molar-refractivity contribution is -0.123. The number of hydrogen-bond donors (Lipinski definition) is 2. The molecule has 5 aromatic rings. The molecule has 2 saturated carbocycles. The van der Waals surface area contributed by atoms with Gasteiger partial charge in [-0.3, -0.25) is 23.9 Å². The first-order valence-electron chi connectivity index (χ1n) is 20.5. The van der Waals surface area contributed by atoms with E-state index in [-0.39, 0.29) is 75.4 Å². The van der Waals surface area contributed by atoms with Crippen LogP contribution in [0.4, 0.5) is 40.9 Å². The summed E-state index contributed by atoms with van der Waals surface area (Å²) in [5, 5.41) is 10.2. The molecule has 12 nitrogen and oxygen atoms in total. The molecule has 3 aromatic heterocycles. The fourth-order valence-electron chi connectivity index (χ4n) is 8.70. The number of sulfonamides is 1. The van der Waals surface area contributed by atoms with Crippen LogP contribution >= 0.6 is 0 Å². The summed E-state index contributed by atoms with van der Waals surface area (Å²) in [4.78, 5) is 19.0. The van der Waals surface area contributed by atoms with Gasteiger partial charge in [-0.15, -0.1) is 0 Å². The van der Waals surface area contributed by atoms with Crippen LogP contribution < -0.4 is 10.0 Å². The molecule has 344 valence electrons. The maximum atomic E-state index is 15.5. The maximum Gasteiger partial charge on any atom is 0.293 e. The molecule has 0 radical (unpaired) electrons. The van der Waals surface area contributed by atoms with Crippen LogP contribution in [0, 0.1) is 17.6 Å². The van der Waals surface area contributed by atoms with Gasteiger partial charge in [-0.05, 0) is 95.0 Å². The zero-order valence-electron chi connectivity index (χ0n) is 34.6. The first-order valence-corrected chi connectivity index (χ1v) is 23.7. The molecule has 64 heavy (non-hydrogen) atoms. The first-order chi connectivity index (χ1) is 30.0. The van der Waals surface area contributed by atoms with E-state index in [2.05, 4.69) is 20.2 Å². The summed E-state index contributed by atoms with van der Waals surface area (Å²) in [6, 6.07) is 8.59. The molecule has 0 bridgehead atoms. The van der Waals surface area contributed by atoms with Crippen molar-refractivity contribution in [2.45, 2.75) is 113 Å². The van der Waals surface area contributed by atoms with E-state index in [0.29, 0.717) is 23.6 Å². The Morgan fingerprint density at radius 2 is 1.64 bits per heavy atom. The standard InChI is InChI=1S/C42H43F8N7O5S2/c1-4-63(59,60)55-40-28-7-5-6-27(37(28)56(54-40)19-32(45)46)26-11-8-24(12-13-41(2,3)64(61,62)25-9-10-25)51-35(26)31(16-21-14-22(43)17-23(44)15-21)52-33(58)20-57-38-34(36(53-57)39(47)48)29-18-30(29)42(38,49)50/h5-8,11,14-15,17,25,29-32,39H,4,9-10,12-13,16,18-20H2,1-3H3,(H,52,58)(H,54,55)/t29?,30-,31+/m1/s1. The molecule has 1 amide bonds. The average Bonchev–Trinajstić information content (AvgIpc) is 4.13. The van der Waals surface area contributed by atoms with Crippen LogP contribution in [0.25, 0.3) is 22.0 Å². The highest BCUT2D eigenvalue weighted by molar-refractivity contribution is 7.93. The molecule has 2 N–H and O–H groups in total. The van der Waals surface area contributed by atoms with Crippen molar-refractivity contribution in [3.63, 3.8) is 0 Å². The van der Waals surface area contributed by atoms with Crippen molar-refractivity contribution in [2.24, 2.45) is 5.92 Å². The van der Waals surface area contributed by atoms with Gasteiger partial charge in [0, 0.05) is 39.8 Å². The number of nitrogens with zero attached hydrogens (tertiary/aromatic N) is 5. The van der Waals surface area contributed by atoms with Crippen LogP contribution in [0.1, 0.15) is 98.7 Å². The van der Waals surface area contributed by atoms with Crippen molar-refractivity contribution in [3.8, 4) is 11.1 Å². The van der Waals surface area contributed by atoms with Gasteiger partial charge >= 0.3 is 0 Å². The Kier molecular flexibility index (Phi) is 11.6. The Morgan fingerprint density at radius 3 is 2.28 bits per heavy atom. The topological polar surface area (TPSA) is 158 Å². The number of hydrogen-bond acceptors (Lipinski definition) is 8. The number of benzene rings is 2. The number of fused-ring (bicyclic) bond motifs is 4. The molecule has 3 heterocycles. The predicted octanol–water partition coefficient (Wildman–Crippen LogP) is 8.13. The van der Waals surface area contributed by atoms with Crippen LogP contribution in [0.3, 0.4) is 0 Å². The largest absolute Gasteiger partial charge is 0.346 e. The lowest BCUT2D eigenvalue weighted by Gasteiger charge is -2.26. The highest BCUT2D eigenvalue weighted by Gasteiger charge is 2.67. The van der Waals surface area contributed by atoms with Gasteiger partial charge < -0.3 is 5.32 Å². The van der Waals surface area contributed by atoms with E-state index in [1.54, 1.807) is 19.9 Å². The van der Waals surface area contributed by atoms with Crippen molar-refractivity contribution in [1.29, 1.82) is 0 Å². The highest BCUT2D eigenvalue weighted by Crippen LogP contribution is 2.68. The molecule has 0 aliphatic heterocycles. The number of nitrogens with one attached hydrogen (secondary N) is 2. The summed E-state index contributed by atoms with van der Waals surface area (Å²) in [5.41, 5.74) is -1.53. The fraction of sp³-hybridized carbons (Fsp3) is 0.476. The lowest BCUT2D eigenvalue weighted by atomic mass is 9.93. The minimum Gasteiger partial charge on any atom is -0.346 e. The smallest absolute Gasteiger partial charge is 0.293 e. The van der Waals surface area contributed by atoms with E-state index in [9.17, 15) is 48.0 Å². The second-order valence-corrected chi connectivity index (χ2v) is 22.0. The minimum absolute atomic E-state index is 0.00151. The normalized spacial score (nSPS) is 18.7. The SMILES string of the molecule is CCS(=O)(=O)Nc1nn(CC(F)F)c2c(-c3ccc(CCC(C)(C)S(=O)(=O)C4CC4)nc3[C@H](Cc3cc(F)cc(F)c3)NC(=O)Cn3nc(C(F)F)c4c3C(F)(F)[C@@H]3CC43)cccc12. The van der Waals surface area contributed by atoms with Gasteiger partial charge in [0.05, 0.1) is 33.0 Å². The molecule has 2 fully saturated rings. The van der Waals surface area contributed by atoms with Crippen LogP contribution in [-0.2, 0) is 56.5 Å². The average molecular weight is 942 g/mol. The number of carbonyl (C=O) groups is 1. The Balaban J connectivity index is 1.27. The van der Waals surface area contributed by atoms with Gasteiger partial charge in [-0.25, -0.2) is 43.2 Å². The molecule has 2 aromatic carbocycles. The Morgan fingerprint density at radius 1 is 0.938 bits per heavy atom. The summed E-state index contributed by atoms with van der Waals surface area (Å²) in [7, 11) is -7.54. The summed E-state index contributed by atoms with van der Waals surface area (Å²) in [5.74, 6) is -9.30. The number of rotatable bonds is 18. The van der Waals surface area contributed by atoms with Crippen molar-refractivity contribution >= 4 is 42.5 Å². The molecule has 22 heteroatoms. The van der Waals surface area contributed by atoms with Gasteiger partial charge in [0.25, 0.3) is 18.8 Å². The quantitative estimate of drug-likeness (QED) is 0.0834. The molecule has 8 rings (SSSR count). The highest BCUT2D eigenvalue weighted by atomic mass is 32.2. The molecular weight excluding hydrogens is 899 g/mol. The van der Waals surface area contributed by atoms with Crippen molar-refractivity contribution in [3.05, 3.63) is 94.1 Å². The number of halogens is 8. The molecular formula is C42H43F8N7O5S2. The number of aromatic nitrogens is 5. The van der Waals surface area contributed by atoms with E-state index >= 15 is 8.78 Å². The van der Waals surface area contributed by atoms with E-state index in [1.807, 2.05) is 0 Å². The van der Waals surface area contributed by atoms with Gasteiger partial charge in [-0.2, -0.15) is 19.0 Å². The van der Waals surface area contributed by atoms with E-state index < -0.39 is 115 Å². The summed E-state index contributed by atoms with van der Waals surface area (Å²) >= 11 is 0. The Hall–Kier alpha value is -5.12. The zero-order valence-corrected chi connectivity index (χ0v) is 36.2. The molecule has 3 atom stereocenters. The number of aryl methyl sites for hydroxylation is 1. The third-order valence-electron chi connectivity index (χ3n) is 12.2. The number of pyridine rings is 1. The van der Waals surface area contributed by atoms with Crippen LogP contribution in [-0.4, -0.2) is 69.5 Å². The molecule has 0 spiro atoms. The molecule has 0 saturated heterocycles. The minimum atomic E-state index is -3.98. The van der Waals surface area contributed by atoms with Crippen molar-refractivity contribution < 1.29 is 56.8 Å². The molecule has 1 unspecified atom stereocenters. The first kappa shape index (κ1) is 45.4. The second-order valence-electron chi connectivity index (χ2n) is 17.1. The van der Waals surface area contributed by atoms with E-state index in [0.717, 1.165) is 16.8 Å².